The molecule has 1 amide bonds. The first-order chi connectivity index (χ1) is 12.7. The summed E-state index contributed by atoms with van der Waals surface area (Å²) >= 11 is 0. The Morgan fingerprint density at radius 1 is 1.19 bits per heavy atom. The van der Waals surface area contributed by atoms with Crippen molar-refractivity contribution in [3.8, 4) is 11.4 Å². The highest BCUT2D eigenvalue weighted by molar-refractivity contribution is 5.92. The van der Waals surface area contributed by atoms with Crippen LogP contribution in [-0.2, 0) is 16.1 Å². The fourth-order valence-corrected chi connectivity index (χ4v) is 2.21. The van der Waals surface area contributed by atoms with E-state index in [4.69, 9.17) is 13.9 Å². The fraction of sp³-hybridized carbons (Fsp3) is 0.167. The molecule has 0 aliphatic carbocycles. The summed E-state index contributed by atoms with van der Waals surface area (Å²) in [6.45, 7) is -0.212. The summed E-state index contributed by atoms with van der Waals surface area (Å²) in [6.07, 6.45) is 3.08. The molecule has 134 valence electrons. The van der Waals surface area contributed by atoms with Gasteiger partial charge in [0, 0.05) is 0 Å². The maximum Gasteiger partial charge on any atom is 0.363 e. The topological polar surface area (TPSA) is 95.6 Å². The summed E-state index contributed by atoms with van der Waals surface area (Å²) in [5.74, 6) is -0.330. The highest BCUT2D eigenvalue weighted by Crippen LogP contribution is 2.20. The molecule has 3 rings (SSSR count). The second kappa shape index (κ2) is 8.02. The standard InChI is InChI=1S/C18H17N3O5/c1-24-15-11-21(13-6-3-2-4-7-13)20-17(15)18(23)26-12-16(22)19-10-14-8-5-9-25-14/h2-9,11H,10,12H2,1H3,(H,19,22). The number of amides is 1. The minimum Gasteiger partial charge on any atom is -0.493 e. The number of rotatable bonds is 7. The first-order valence-electron chi connectivity index (χ1n) is 7.82. The second-order valence-corrected chi connectivity index (χ2v) is 5.26. The Hall–Kier alpha value is -3.55. The van der Waals surface area contributed by atoms with Gasteiger partial charge in [-0.3, -0.25) is 4.79 Å². The number of benzene rings is 1. The van der Waals surface area contributed by atoms with Gasteiger partial charge in [0.1, 0.15) is 5.76 Å². The van der Waals surface area contributed by atoms with Gasteiger partial charge in [-0.1, -0.05) is 18.2 Å². The molecule has 0 aliphatic heterocycles. The molecule has 1 aromatic carbocycles. The van der Waals surface area contributed by atoms with E-state index in [0.29, 0.717) is 5.76 Å². The van der Waals surface area contributed by atoms with Gasteiger partial charge in [0.15, 0.2) is 12.4 Å². The molecule has 8 nitrogen and oxygen atoms in total. The molecule has 0 radical (unpaired) electrons. The maximum atomic E-state index is 12.2. The molecule has 0 spiro atoms. The lowest BCUT2D eigenvalue weighted by molar-refractivity contribution is -0.124. The SMILES string of the molecule is COc1cn(-c2ccccc2)nc1C(=O)OCC(=O)NCc1ccco1. The summed E-state index contributed by atoms with van der Waals surface area (Å²) in [4.78, 5) is 24.0. The number of para-hydroxylation sites is 1. The van der Waals surface area contributed by atoms with Crippen molar-refractivity contribution in [3.05, 3.63) is 66.4 Å². The predicted molar refractivity (Wildman–Crippen MR) is 91.0 cm³/mol. The van der Waals surface area contributed by atoms with E-state index in [1.807, 2.05) is 30.3 Å². The molecule has 0 atom stereocenters. The van der Waals surface area contributed by atoms with Crippen LogP contribution >= 0.6 is 0 Å². The third kappa shape index (κ3) is 4.10. The number of hydrogen-bond donors (Lipinski definition) is 1. The van der Waals surface area contributed by atoms with Crippen molar-refractivity contribution in [1.29, 1.82) is 0 Å². The summed E-state index contributed by atoms with van der Waals surface area (Å²) in [5.41, 5.74) is 0.760. The number of nitrogens with one attached hydrogen (secondary N) is 1. The molecular formula is C18H17N3O5. The molecule has 1 N–H and O–H groups in total. The average Bonchev–Trinajstić information content (AvgIpc) is 3.34. The van der Waals surface area contributed by atoms with E-state index in [1.54, 1.807) is 18.3 Å². The van der Waals surface area contributed by atoms with Crippen LogP contribution in [0.4, 0.5) is 0 Å². The van der Waals surface area contributed by atoms with Crippen molar-refractivity contribution in [3.63, 3.8) is 0 Å². The summed E-state index contributed by atoms with van der Waals surface area (Å²) < 4.78 is 16.8. The van der Waals surface area contributed by atoms with Crippen LogP contribution in [0.15, 0.2) is 59.3 Å². The Balaban J connectivity index is 1.60. The Morgan fingerprint density at radius 2 is 2.00 bits per heavy atom. The zero-order valence-corrected chi connectivity index (χ0v) is 14.0. The smallest absolute Gasteiger partial charge is 0.363 e. The predicted octanol–water partition coefficient (Wildman–Crippen LogP) is 1.95. The van der Waals surface area contributed by atoms with Crippen molar-refractivity contribution in [2.75, 3.05) is 13.7 Å². The number of nitrogens with zero attached hydrogens (tertiary/aromatic N) is 2. The minimum atomic E-state index is -0.746. The normalized spacial score (nSPS) is 10.3. The van der Waals surface area contributed by atoms with E-state index in [0.717, 1.165) is 5.69 Å². The van der Waals surface area contributed by atoms with Gasteiger partial charge in [-0.2, -0.15) is 5.10 Å². The molecule has 0 saturated carbocycles. The van der Waals surface area contributed by atoms with E-state index in [2.05, 4.69) is 10.4 Å². The highest BCUT2D eigenvalue weighted by atomic mass is 16.5. The number of hydrogen-bond acceptors (Lipinski definition) is 6. The van der Waals surface area contributed by atoms with Crippen LogP contribution < -0.4 is 10.1 Å². The third-order valence-corrected chi connectivity index (χ3v) is 3.49. The molecule has 0 aliphatic rings. The zero-order chi connectivity index (χ0) is 18.4. The molecule has 0 saturated heterocycles. The minimum absolute atomic E-state index is 0.00446. The lowest BCUT2D eigenvalue weighted by Gasteiger charge is -2.05. The van der Waals surface area contributed by atoms with Crippen LogP contribution in [0.1, 0.15) is 16.2 Å². The van der Waals surface area contributed by atoms with E-state index in [-0.39, 0.29) is 18.0 Å². The van der Waals surface area contributed by atoms with Crippen molar-refractivity contribution < 1.29 is 23.5 Å². The van der Waals surface area contributed by atoms with Crippen molar-refractivity contribution in [2.45, 2.75) is 6.54 Å². The number of methoxy groups -OCH3 is 1. The van der Waals surface area contributed by atoms with Gasteiger partial charge in [0.2, 0.25) is 5.69 Å². The maximum absolute atomic E-state index is 12.2. The molecule has 2 aromatic heterocycles. The van der Waals surface area contributed by atoms with Crippen molar-refractivity contribution >= 4 is 11.9 Å². The van der Waals surface area contributed by atoms with Gasteiger partial charge < -0.3 is 19.2 Å². The first kappa shape index (κ1) is 17.3. The summed E-state index contributed by atoms with van der Waals surface area (Å²) in [5, 5.41) is 6.77. The molecular weight excluding hydrogens is 338 g/mol. The molecule has 8 heteroatoms. The van der Waals surface area contributed by atoms with E-state index in [9.17, 15) is 9.59 Å². The van der Waals surface area contributed by atoms with Gasteiger partial charge in [-0.05, 0) is 24.3 Å². The second-order valence-electron chi connectivity index (χ2n) is 5.26. The number of furan rings is 1. The summed E-state index contributed by atoms with van der Waals surface area (Å²) in [7, 11) is 1.43. The van der Waals surface area contributed by atoms with Gasteiger partial charge in [0.25, 0.3) is 5.91 Å². The zero-order valence-electron chi connectivity index (χ0n) is 14.0. The fourth-order valence-electron chi connectivity index (χ4n) is 2.21. The number of carbonyl (C=O) groups is 2. The summed E-state index contributed by atoms with van der Waals surface area (Å²) in [6, 6.07) is 12.7. The van der Waals surface area contributed by atoms with Crippen LogP contribution in [0.5, 0.6) is 5.75 Å². The molecule has 2 heterocycles. The molecule has 26 heavy (non-hydrogen) atoms. The quantitative estimate of drug-likeness (QED) is 0.651. The van der Waals surface area contributed by atoms with E-state index < -0.39 is 18.5 Å². The molecule has 0 unspecified atom stereocenters. The van der Waals surface area contributed by atoms with Crippen LogP contribution in [0.25, 0.3) is 5.69 Å². The Kier molecular flexibility index (Phi) is 5.33. The van der Waals surface area contributed by atoms with Gasteiger partial charge >= 0.3 is 5.97 Å². The van der Waals surface area contributed by atoms with Crippen LogP contribution in [0.3, 0.4) is 0 Å². The highest BCUT2D eigenvalue weighted by Gasteiger charge is 2.20. The van der Waals surface area contributed by atoms with E-state index in [1.165, 1.54) is 18.1 Å². The number of aromatic nitrogens is 2. The van der Waals surface area contributed by atoms with E-state index >= 15 is 0 Å². The number of ether oxygens (including phenoxy) is 2. The Labute approximate surface area is 149 Å². The van der Waals surface area contributed by atoms with Crippen molar-refractivity contribution in [2.24, 2.45) is 0 Å². The lowest BCUT2D eigenvalue weighted by Crippen LogP contribution is -2.28. The average molecular weight is 355 g/mol. The first-order valence-corrected chi connectivity index (χ1v) is 7.82. The molecule has 0 fully saturated rings. The van der Waals surface area contributed by atoms with Gasteiger partial charge in [0.05, 0.1) is 31.8 Å². The number of carbonyl (C=O) groups excluding carboxylic acids is 2. The Bertz CT molecular complexity index is 872. The monoisotopic (exact) mass is 355 g/mol. The molecule has 3 aromatic rings. The number of esters is 1. The lowest BCUT2D eigenvalue weighted by atomic mass is 10.3. The van der Waals surface area contributed by atoms with Crippen LogP contribution in [0, 0.1) is 0 Å². The third-order valence-electron chi connectivity index (χ3n) is 3.49. The van der Waals surface area contributed by atoms with Gasteiger partial charge in [-0.25, -0.2) is 9.48 Å². The largest absolute Gasteiger partial charge is 0.493 e. The molecule has 0 bridgehead atoms. The van der Waals surface area contributed by atoms with Crippen molar-refractivity contribution in [1.82, 2.24) is 15.1 Å². The van der Waals surface area contributed by atoms with Crippen LogP contribution in [-0.4, -0.2) is 35.4 Å². The van der Waals surface area contributed by atoms with Crippen LogP contribution in [0.2, 0.25) is 0 Å². The van der Waals surface area contributed by atoms with Gasteiger partial charge in [-0.15, -0.1) is 0 Å². The Morgan fingerprint density at radius 3 is 2.69 bits per heavy atom.